The smallest absolute Gasteiger partial charge is 0.306 e. The zero-order valence-electron chi connectivity index (χ0n) is 22.2. The van der Waals surface area contributed by atoms with Gasteiger partial charge in [0, 0.05) is 39.4 Å². The van der Waals surface area contributed by atoms with Crippen LogP contribution in [0, 0.1) is 0 Å². The molecule has 0 aliphatic carbocycles. The van der Waals surface area contributed by atoms with E-state index in [1.54, 1.807) is 0 Å². The number of carbonyl (C=O) groups excluding carboxylic acids is 2. The molecule has 0 fully saturated rings. The number of halogens is 1. The summed E-state index contributed by atoms with van der Waals surface area (Å²) in [6.45, 7) is 8.29. The van der Waals surface area contributed by atoms with Crippen LogP contribution in [0.2, 0.25) is 5.02 Å². The van der Waals surface area contributed by atoms with Crippen LogP contribution in [0.4, 0.5) is 0 Å². The zero-order chi connectivity index (χ0) is 26.8. The molecule has 7 heteroatoms. The highest BCUT2D eigenvalue weighted by atomic mass is 35.5. The average molecular weight is 529 g/mol. The van der Waals surface area contributed by atoms with E-state index in [9.17, 15) is 9.59 Å². The maximum Gasteiger partial charge on any atom is 0.306 e. The van der Waals surface area contributed by atoms with Gasteiger partial charge in [0.05, 0.1) is 0 Å². The number of fused-ring (bicyclic) bond motifs is 2. The van der Waals surface area contributed by atoms with Crippen molar-refractivity contribution in [2.24, 2.45) is 0 Å². The highest BCUT2D eigenvalue weighted by Gasteiger charge is 2.21. The normalized spacial score (nSPS) is 12.8. The number of hydrogen-bond donors (Lipinski definition) is 0. The van der Waals surface area contributed by atoms with Gasteiger partial charge in [-0.3, -0.25) is 9.59 Å². The molecule has 6 nitrogen and oxygen atoms in total. The van der Waals surface area contributed by atoms with Gasteiger partial charge in [-0.15, -0.1) is 0 Å². The molecule has 0 aromatic heterocycles. The quantitative estimate of drug-likeness (QED) is 0.158. The van der Waals surface area contributed by atoms with Crippen molar-refractivity contribution in [3.8, 4) is 11.5 Å². The third kappa shape index (κ3) is 7.51. The molecule has 0 aliphatic heterocycles. The maximum absolute atomic E-state index is 12.0. The first-order valence-electron chi connectivity index (χ1n) is 13.2. The van der Waals surface area contributed by atoms with Gasteiger partial charge in [0.2, 0.25) is 0 Å². The molecule has 0 spiro atoms. The van der Waals surface area contributed by atoms with Crippen LogP contribution in [-0.2, 0) is 19.1 Å². The lowest BCUT2D eigenvalue weighted by Gasteiger charge is -2.22. The molecule has 0 saturated heterocycles. The Morgan fingerprint density at radius 1 is 0.703 bits per heavy atom. The largest absolute Gasteiger partial charge is 0.488 e. The molecule has 3 aromatic carbocycles. The lowest BCUT2D eigenvalue weighted by molar-refractivity contribution is -0.151. The van der Waals surface area contributed by atoms with E-state index in [-0.39, 0.29) is 37.4 Å². The van der Waals surface area contributed by atoms with Gasteiger partial charge in [-0.2, -0.15) is 0 Å². The van der Waals surface area contributed by atoms with Gasteiger partial charge in [-0.05, 0) is 43.9 Å². The SMILES string of the molecule is CCCC(=O)OC(CC)COc1c2ccccc2c(OCC(CC)OC(=O)CCC)c2cc(Cl)ccc12. The van der Waals surface area contributed by atoms with Crippen molar-refractivity contribution in [3.05, 3.63) is 47.5 Å². The van der Waals surface area contributed by atoms with Gasteiger partial charge < -0.3 is 18.9 Å². The second kappa shape index (κ2) is 14.1. The Kier molecular flexibility index (Phi) is 10.9. The summed E-state index contributed by atoms with van der Waals surface area (Å²) in [6.07, 6.45) is 2.84. The summed E-state index contributed by atoms with van der Waals surface area (Å²) in [5, 5.41) is 3.94. The van der Waals surface area contributed by atoms with E-state index in [2.05, 4.69) is 0 Å². The predicted molar refractivity (Wildman–Crippen MR) is 148 cm³/mol. The van der Waals surface area contributed by atoms with Crippen LogP contribution in [-0.4, -0.2) is 37.4 Å². The molecular formula is C30H37ClO6. The van der Waals surface area contributed by atoms with Crippen LogP contribution >= 0.6 is 11.6 Å². The summed E-state index contributed by atoms with van der Waals surface area (Å²) >= 11 is 6.40. The molecule has 2 atom stereocenters. The molecule has 0 amide bonds. The van der Waals surface area contributed by atoms with Gasteiger partial charge in [0.1, 0.15) is 36.9 Å². The van der Waals surface area contributed by atoms with Crippen LogP contribution in [0.1, 0.15) is 66.2 Å². The lowest BCUT2D eigenvalue weighted by Crippen LogP contribution is -2.25. The van der Waals surface area contributed by atoms with Gasteiger partial charge in [0.25, 0.3) is 0 Å². The number of benzene rings is 3. The first-order chi connectivity index (χ1) is 17.9. The third-order valence-electron chi connectivity index (χ3n) is 6.13. The molecule has 37 heavy (non-hydrogen) atoms. The summed E-state index contributed by atoms with van der Waals surface area (Å²) in [5.41, 5.74) is 0. The van der Waals surface area contributed by atoms with E-state index in [0.29, 0.717) is 42.2 Å². The van der Waals surface area contributed by atoms with Gasteiger partial charge in [-0.1, -0.05) is 63.6 Å². The average Bonchev–Trinajstić information content (AvgIpc) is 2.89. The molecule has 200 valence electrons. The Hall–Kier alpha value is -2.99. The third-order valence-corrected chi connectivity index (χ3v) is 6.36. The van der Waals surface area contributed by atoms with Gasteiger partial charge in [0.15, 0.2) is 0 Å². The fourth-order valence-electron chi connectivity index (χ4n) is 4.10. The predicted octanol–water partition coefficient (Wildman–Crippen LogP) is 7.65. The minimum absolute atomic E-state index is 0.215. The first kappa shape index (κ1) is 28.6. The number of esters is 2. The van der Waals surface area contributed by atoms with Crippen molar-refractivity contribution in [2.75, 3.05) is 13.2 Å². The second-order valence-corrected chi connectivity index (χ2v) is 9.49. The van der Waals surface area contributed by atoms with E-state index < -0.39 is 0 Å². The fraction of sp³-hybridized carbons (Fsp3) is 0.467. The molecule has 3 aromatic rings. The van der Waals surface area contributed by atoms with Crippen molar-refractivity contribution in [2.45, 2.75) is 78.4 Å². The Balaban J connectivity index is 1.97. The molecular weight excluding hydrogens is 492 g/mol. The van der Waals surface area contributed by atoms with E-state index in [4.69, 9.17) is 30.5 Å². The summed E-state index contributed by atoms with van der Waals surface area (Å²) in [4.78, 5) is 24.1. The number of ether oxygens (including phenoxy) is 4. The standard InChI is InChI=1S/C30H37ClO6/c1-5-11-27(32)36-21(7-3)18-34-29-23-13-9-10-14-24(23)30(26-17-20(31)15-16-25(26)29)35-19-22(8-4)37-28(33)12-6-2/h9-10,13-17,21-22H,5-8,11-12,18-19H2,1-4H3. The maximum atomic E-state index is 12.0. The number of carbonyl (C=O) groups is 2. The Labute approximate surface area is 224 Å². The van der Waals surface area contributed by atoms with Crippen LogP contribution in [0.25, 0.3) is 21.5 Å². The monoisotopic (exact) mass is 528 g/mol. The Morgan fingerprint density at radius 2 is 1.16 bits per heavy atom. The molecule has 0 heterocycles. The molecule has 3 rings (SSSR count). The van der Waals surface area contributed by atoms with Crippen LogP contribution in [0.3, 0.4) is 0 Å². The summed E-state index contributed by atoms with van der Waals surface area (Å²) < 4.78 is 23.9. The van der Waals surface area contributed by atoms with Crippen LogP contribution < -0.4 is 9.47 Å². The minimum atomic E-state index is -0.355. The molecule has 2 unspecified atom stereocenters. The molecule has 0 N–H and O–H groups in total. The lowest BCUT2D eigenvalue weighted by atomic mass is 10.0. The van der Waals surface area contributed by atoms with Gasteiger partial charge in [-0.25, -0.2) is 0 Å². The number of hydrogen-bond acceptors (Lipinski definition) is 6. The molecule has 0 bridgehead atoms. The highest BCUT2D eigenvalue weighted by molar-refractivity contribution is 6.31. The van der Waals surface area contributed by atoms with Crippen molar-refractivity contribution in [1.82, 2.24) is 0 Å². The van der Waals surface area contributed by atoms with E-state index in [1.807, 2.05) is 70.2 Å². The van der Waals surface area contributed by atoms with Crippen molar-refractivity contribution < 1.29 is 28.5 Å². The van der Waals surface area contributed by atoms with E-state index in [1.165, 1.54) is 0 Å². The molecule has 0 aliphatic rings. The van der Waals surface area contributed by atoms with Crippen LogP contribution in [0.15, 0.2) is 42.5 Å². The second-order valence-electron chi connectivity index (χ2n) is 9.06. The fourth-order valence-corrected chi connectivity index (χ4v) is 4.28. The summed E-state index contributed by atoms with van der Waals surface area (Å²) in [5.74, 6) is 0.908. The Bertz CT molecular complexity index is 1210. The van der Waals surface area contributed by atoms with Crippen molar-refractivity contribution in [3.63, 3.8) is 0 Å². The minimum Gasteiger partial charge on any atom is -0.488 e. The topological polar surface area (TPSA) is 71.1 Å². The van der Waals surface area contributed by atoms with Gasteiger partial charge >= 0.3 is 11.9 Å². The zero-order valence-corrected chi connectivity index (χ0v) is 22.9. The van der Waals surface area contributed by atoms with E-state index in [0.717, 1.165) is 34.4 Å². The summed E-state index contributed by atoms with van der Waals surface area (Å²) in [6, 6.07) is 13.4. The first-order valence-corrected chi connectivity index (χ1v) is 13.6. The molecule has 0 saturated carbocycles. The van der Waals surface area contributed by atoms with E-state index >= 15 is 0 Å². The highest BCUT2D eigenvalue weighted by Crippen LogP contribution is 2.43. The van der Waals surface area contributed by atoms with Crippen molar-refractivity contribution >= 4 is 45.1 Å². The number of rotatable bonds is 14. The molecule has 0 radical (unpaired) electrons. The van der Waals surface area contributed by atoms with Crippen molar-refractivity contribution in [1.29, 1.82) is 0 Å². The summed E-state index contributed by atoms with van der Waals surface area (Å²) in [7, 11) is 0. The Morgan fingerprint density at radius 3 is 1.62 bits per heavy atom. The van der Waals surface area contributed by atoms with Crippen LogP contribution in [0.5, 0.6) is 11.5 Å².